The van der Waals surface area contributed by atoms with Crippen molar-refractivity contribution in [3.05, 3.63) is 46.8 Å². The minimum atomic E-state index is -3.21. The van der Waals surface area contributed by atoms with E-state index in [1.165, 1.54) is 23.4 Å². The second kappa shape index (κ2) is 8.83. The van der Waals surface area contributed by atoms with Crippen LogP contribution in [0.5, 0.6) is 5.75 Å². The van der Waals surface area contributed by atoms with Crippen LogP contribution in [0.3, 0.4) is 0 Å². The molecular weight excluding hydrogens is 456 g/mol. The van der Waals surface area contributed by atoms with Crippen LogP contribution in [-0.2, 0) is 23.6 Å². The molecule has 10 heteroatoms. The molecule has 1 saturated heterocycles. The van der Waals surface area contributed by atoms with Crippen LogP contribution >= 0.6 is 0 Å². The highest BCUT2D eigenvalue weighted by molar-refractivity contribution is 7.88. The van der Waals surface area contributed by atoms with Gasteiger partial charge in [-0.3, -0.25) is 14.7 Å². The summed E-state index contributed by atoms with van der Waals surface area (Å²) in [6, 6.07) is 3.72. The summed E-state index contributed by atoms with van der Waals surface area (Å²) >= 11 is 0. The molecule has 1 saturated carbocycles. The molecule has 9 nitrogen and oxygen atoms in total. The minimum absolute atomic E-state index is 0.0293. The first-order valence-corrected chi connectivity index (χ1v) is 13.4. The first-order valence-electron chi connectivity index (χ1n) is 11.6. The zero-order chi connectivity index (χ0) is 24.0. The fourth-order valence-corrected chi connectivity index (χ4v) is 5.38. The Morgan fingerprint density at radius 3 is 2.74 bits per heavy atom. The van der Waals surface area contributed by atoms with Crippen LogP contribution in [-0.4, -0.2) is 65.7 Å². The lowest BCUT2D eigenvalue weighted by atomic mass is 10.1. The molecule has 1 unspecified atom stereocenters. The molecule has 2 aliphatic rings. The number of rotatable bonds is 7. The SMILES string of the molecule is CC1CN(S(C)(=O)=O)CCN1Cc1cc2c(=O)n(C)cc(-c3ccncc3OCC3CC3)c2o1. The Morgan fingerprint density at radius 2 is 2.03 bits per heavy atom. The Labute approximate surface area is 199 Å². The Morgan fingerprint density at radius 1 is 1.24 bits per heavy atom. The summed E-state index contributed by atoms with van der Waals surface area (Å²) in [6.07, 6.45) is 8.83. The smallest absolute Gasteiger partial charge is 0.261 e. The van der Waals surface area contributed by atoms with Crippen molar-refractivity contribution in [3.63, 3.8) is 0 Å². The molecule has 3 aromatic rings. The number of fused-ring (bicyclic) bond motifs is 1. The molecule has 0 N–H and O–H groups in total. The fraction of sp³-hybridized carbons (Fsp3) is 0.500. The predicted octanol–water partition coefficient (Wildman–Crippen LogP) is 2.45. The number of piperazine rings is 1. The van der Waals surface area contributed by atoms with Crippen molar-refractivity contribution in [1.29, 1.82) is 0 Å². The van der Waals surface area contributed by atoms with E-state index in [1.54, 1.807) is 30.2 Å². The quantitative estimate of drug-likeness (QED) is 0.506. The maximum absolute atomic E-state index is 12.9. The summed E-state index contributed by atoms with van der Waals surface area (Å²) in [7, 11) is -1.48. The summed E-state index contributed by atoms with van der Waals surface area (Å²) in [6.45, 7) is 4.64. The van der Waals surface area contributed by atoms with Gasteiger partial charge in [-0.15, -0.1) is 0 Å². The molecule has 2 fully saturated rings. The molecule has 5 rings (SSSR count). The van der Waals surface area contributed by atoms with Crippen LogP contribution in [0.15, 0.2) is 39.9 Å². The molecule has 1 aliphatic heterocycles. The van der Waals surface area contributed by atoms with Crippen molar-refractivity contribution in [2.45, 2.75) is 32.4 Å². The van der Waals surface area contributed by atoms with Crippen LogP contribution in [0.2, 0.25) is 0 Å². The molecule has 0 aromatic carbocycles. The summed E-state index contributed by atoms with van der Waals surface area (Å²) in [5, 5.41) is 0.516. The van der Waals surface area contributed by atoms with Crippen molar-refractivity contribution in [1.82, 2.24) is 18.8 Å². The Hall–Kier alpha value is -2.69. The van der Waals surface area contributed by atoms with E-state index in [0.717, 1.165) is 11.1 Å². The lowest BCUT2D eigenvalue weighted by Gasteiger charge is -2.38. The van der Waals surface area contributed by atoms with Gasteiger partial charge in [0.05, 0.1) is 31.0 Å². The van der Waals surface area contributed by atoms with Crippen molar-refractivity contribution < 1.29 is 17.6 Å². The van der Waals surface area contributed by atoms with Gasteiger partial charge >= 0.3 is 0 Å². The minimum Gasteiger partial charge on any atom is -0.491 e. The first-order chi connectivity index (χ1) is 16.2. The van der Waals surface area contributed by atoms with Gasteiger partial charge in [0.25, 0.3) is 5.56 Å². The fourth-order valence-electron chi connectivity index (χ4n) is 4.48. The zero-order valence-electron chi connectivity index (χ0n) is 19.7. The standard InChI is InChI=1S/C24H30N4O5S/c1-16-12-28(34(3,30)31)9-8-27(16)13-18-10-20-23(33-18)21(14-26(2)24(20)29)19-6-7-25-11-22(19)32-15-17-4-5-17/h6-7,10-11,14,16-17H,4-5,8-9,12-13,15H2,1-3H3. The Balaban J connectivity index is 1.47. The molecule has 4 heterocycles. The summed E-state index contributed by atoms with van der Waals surface area (Å²) in [4.78, 5) is 19.3. The number of furan rings is 1. The molecule has 0 bridgehead atoms. The van der Waals surface area contributed by atoms with Gasteiger partial charge in [-0.2, -0.15) is 4.31 Å². The summed E-state index contributed by atoms with van der Waals surface area (Å²) in [5.41, 5.74) is 2.03. The van der Waals surface area contributed by atoms with Crippen LogP contribution in [0.25, 0.3) is 22.1 Å². The van der Waals surface area contributed by atoms with E-state index in [-0.39, 0.29) is 11.6 Å². The van der Waals surface area contributed by atoms with E-state index in [1.807, 2.05) is 19.1 Å². The van der Waals surface area contributed by atoms with Crippen molar-refractivity contribution in [2.24, 2.45) is 13.0 Å². The molecule has 34 heavy (non-hydrogen) atoms. The number of nitrogens with zero attached hydrogens (tertiary/aromatic N) is 4. The van der Waals surface area contributed by atoms with Crippen molar-refractivity contribution in [3.8, 4) is 16.9 Å². The number of ether oxygens (including phenoxy) is 1. The van der Waals surface area contributed by atoms with Gasteiger partial charge in [0, 0.05) is 56.2 Å². The van der Waals surface area contributed by atoms with Gasteiger partial charge in [-0.1, -0.05) is 0 Å². The van der Waals surface area contributed by atoms with E-state index in [0.29, 0.717) is 61.2 Å². The largest absolute Gasteiger partial charge is 0.491 e. The second-order valence-corrected chi connectivity index (χ2v) is 11.5. The molecular formula is C24H30N4O5S. The van der Waals surface area contributed by atoms with Gasteiger partial charge in [0.1, 0.15) is 17.1 Å². The third-order valence-corrected chi connectivity index (χ3v) is 7.97. The van der Waals surface area contributed by atoms with Crippen LogP contribution in [0, 0.1) is 5.92 Å². The summed E-state index contributed by atoms with van der Waals surface area (Å²) < 4.78 is 39.2. The molecule has 0 spiro atoms. The van der Waals surface area contributed by atoms with Gasteiger partial charge < -0.3 is 13.7 Å². The average molecular weight is 487 g/mol. The lowest BCUT2D eigenvalue weighted by molar-refractivity contribution is 0.115. The molecule has 182 valence electrons. The second-order valence-electron chi connectivity index (χ2n) is 9.48. The number of sulfonamides is 1. The zero-order valence-corrected chi connectivity index (χ0v) is 20.5. The van der Waals surface area contributed by atoms with Crippen LogP contribution in [0.4, 0.5) is 0 Å². The number of aryl methyl sites for hydroxylation is 1. The van der Waals surface area contributed by atoms with E-state index < -0.39 is 10.0 Å². The topological polar surface area (TPSA) is 97.9 Å². The molecule has 0 radical (unpaired) electrons. The van der Waals surface area contributed by atoms with E-state index in [9.17, 15) is 13.2 Å². The maximum atomic E-state index is 12.9. The number of pyridine rings is 2. The highest BCUT2D eigenvalue weighted by Gasteiger charge is 2.30. The first kappa shape index (κ1) is 23.1. The van der Waals surface area contributed by atoms with E-state index in [4.69, 9.17) is 9.15 Å². The van der Waals surface area contributed by atoms with Crippen LogP contribution < -0.4 is 10.3 Å². The monoisotopic (exact) mass is 486 g/mol. The number of hydrogen-bond donors (Lipinski definition) is 0. The van der Waals surface area contributed by atoms with Crippen molar-refractivity contribution >= 4 is 21.0 Å². The number of aromatic nitrogens is 2. The van der Waals surface area contributed by atoms with Gasteiger partial charge in [-0.25, -0.2) is 8.42 Å². The van der Waals surface area contributed by atoms with Crippen LogP contribution in [0.1, 0.15) is 25.5 Å². The maximum Gasteiger partial charge on any atom is 0.261 e. The predicted molar refractivity (Wildman–Crippen MR) is 129 cm³/mol. The normalized spacial score (nSPS) is 20.1. The highest BCUT2D eigenvalue weighted by atomic mass is 32.2. The third-order valence-electron chi connectivity index (χ3n) is 6.70. The highest BCUT2D eigenvalue weighted by Crippen LogP contribution is 2.36. The summed E-state index contributed by atoms with van der Waals surface area (Å²) in [5.74, 6) is 1.96. The average Bonchev–Trinajstić information content (AvgIpc) is 3.53. The number of hydrogen-bond acceptors (Lipinski definition) is 7. The van der Waals surface area contributed by atoms with E-state index in [2.05, 4.69) is 9.88 Å². The molecule has 1 atom stereocenters. The molecule has 0 amide bonds. The van der Waals surface area contributed by atoms with Gasteiger partial charge in [0.2, 0.25) is 10.0 Å². The van der Waals surface area contributed by atoms with Gasteiger partial charge in [0.15, 0.2) is 0 Å². The Bertz CT molecular complexity index is 1380. The van der Waals surface area contributed by atoms with E-state index >= 15 is 0 Å². The molecule has 3 aromatic heterocycles. The van der Waals surface area contributed by atoms with Gasteiger partial charge in [-0.05, 0) is 37.8 Å². The van der Waals surface area contributed by atoms with Crippen molar-refractivity contribution in [2.75, 3.05) is 32.5 Å². The molecule has 1 aliphatic carbocycles. The Kier molecular flexibility index (Phi) is 5.99. The third kappa shape index (κ3) is 4.62. The lowest BCUT2D eigenvalue weighted by Crippen LogP contribution is -2.52.